The number of rotatable bonds is 7. The first-order chi connectivity index (χ1) is 17.7. The summed E-state index contributed by atoms with van der Waals surface area (Å²) in [6.07, 6.45) is 1.93. The number of amides is 4. The van der Waals surface area contributed by atoms with Gasteiger partial charge in [0, 0.05) is 56.1 Å². The number of para-hydroxylation sites is 1. The third kappa shape index (κ3) is 6.08. The number of aryl methyl sites for hydroxylation is 1. The zero-order valence-electron chi connectivity index (χ0n) is 20.9. The molecule has 0 saturated carbocycles. The molecule has 0 unspecified atom stereocenters. The average molecular weight is 506 g/mol. The normalized spacial score (nSPS) is 13.8. The molecule has 0 radical (unpaired) electrons. The fraction of sp³-hybridized carbons (Fsp3) is 0.333. The summed E-state index contributed by atoms with van der Waals surface area (Å²) >= 11 is 0. The lowest BCUT2D eigenvalue weighted by Crippen LogP contribution is -2.44. The lowest BCUT2D eigenvalue weighted by Gasteiger charge is -2.32. The number of H-pyrrole nitrogens is 1. The van der Waals surface area contributed by atoms with Gasteiger partial charge in [0.1, 0.15) is 5.69 Å². The maximum absolute atomic E-state index is 12.6. The van der Waals surface area contributed by atoms with Gasteiger partial charge in [0.15, 0.2) is 0 Å². The number of likely N-dealkylation sites (tertiary alicyclic amines) is 1. The minimum Gasteiger partial charge on any atom is -0.477 e. The van der Waals surface area contributed by atoms with Crippen LogP contribution in [0.1, 0.15) is 35.3 Å². The number of piperidine rings is 1. The lowest BCUT2D eigenvalue weighted by molar-refractivity contribution is -0.134. The molecule has 4 amide bonds. The molecule has 3 aromatic rings. The van der Waals surface area contributed by atoms with Gasteiger partial charge in [0.25, 0.3) is 0 Å². The van der Waals surface area contributed by atoms with Crippen molar-refractivity contribution in [3.8, 4) is 0 Å². The van der Waals surface area contributed by atoms with Crippen LogP contribution in [-0.2, 0) is 16.0 Å². The number of carbonyl (C=O) groups excluding carboxylic acids is 3. The molecule has 2 aromatic carbocycles. The van der Waals surface area contributed by atoms with E-state index in [0.29, 0.717) is 48.9 Å². The zero-order chi connectivity index (χ0) is 26.5. The van der Waals surface area contributed by atoms with Crippen LogP contribution in [0.2, 0.25) is 0 Å². The molecule has 10 nitrogen and oxygen atoms in total. The van der Waals surface area contributed by atoms with Gasteiger partial charge in [-0.15, -0.1) is 0 Å². The van der Waals surface area contributed by atoms with Crippen LogP contribution in [0.5, 0.6) is 0 Å². The maximum atomic E-state index is 12.6. The summed E-state index contributed by atoms with van der Waals surface area (Å²) in [6, 6.07) is 14.2. The Morgan fingerprint density at radius 1 is 1.00 bits per heavy atom. The predicted octanol–water partition coefficient (Wildman–Crippen LogP) is 3.77. The van der Waals surface area contributed by atoms with Crippen LogP contribution in [0, 0.1) is 5.92 Å². The highest BCUT2D eigenvalue weighted by Gasteiger charge is 2.28. The minimum atomic E-state index is -1.14. The summed E-state index contributed by atoms with van der Waals surface area (Å²) < 4.78 is 0. The van der Waals surface area contributed by atoms with Gasteiger partial charge >= 0.3 is 12.0 Å². The summed E-state index contributed by atoms with van der Waals surface area (Å²) in [5.41, 5.74) is 2.41. The molecule has 0 spiro atoms. The number of carbonyl (C=O) groups is 4. The maximum Gasteiger partial charge on any atom is 0.354 e. The Labute approximate surface area is 214 Å². The second-order valence-corrected chi connectivity index (χ2v) is 9.39. The van der Waals surface area contributed by atoms with E-state index in [2.05, 4.69) is 15.6 Å². The third-order valence-electron chi connectivity index (χ3n) is 6.60. The molecule has 1 aromatic heterocycles. The predicted molar refractivity (Wildman–Crippen MR) is 141 cm³/mol. The van der Waals surface area contributed by atoms with E-state index >= 15 is 0 Å². The van der Waals surface area contributed by atoms with E-state index in [1.165, 1.54) is 0 Å². The molecule has 10 heteroatoms. The fourth-order valence-corrected chi connectivity index (χ4v) is 4.54. The van der Waals surface area contributed by atoms with Crippen molar-refractivity contribution in [3.05, 3.63) is 59.8 Å². The lowest BCUT2D eigenvalue weighted by atomic mass is 9.96. The Hall–Kier alpha value is -4.34. The number of fused-ring (bicyclic) bond motifs is 1. The number of urea groups is 1. The summed E-state index contributed by atoms with van der Waals surface area (Å²) in [5, 5.41) is 15.7. The van der Waals surface area contributed by atoms with Crippen LogP contribution in [-0.4, -0.2) is 70.9 Å². The SMILES string of the molecule is CN(C)C(=O)C1CCN(C(=O)Nc2ccc(CCC(=O)Nc3c(C(=O)O)[nH]c4ccccc34)cc2)CC1. The van der Waals surface area contributed by atoms with Gasteiger partial charge in [0.2, 0.25) is 11.8 Å². The molecule has 2 heterocycles. The molecule has 37 heavy (non-hydrogen) atoms. The van der Waals surface area contributed by atoms with Gasteiger partial charge in [-0.2, -0.15) is 0 Å². The average Bonchev–Trinajstić information content (AvgIpc) is 3.26. The van der Waals surface area contributed by atoms with Crippen molar-refractivity contribution in [2.45, 2.75) is 25.7 Å². The van der Waals surface area contributed by atoms with Crippen LogP contribution >= 0.6 is 0 Å². The monoisotopic (exact) mass is 505 g/mol. The van der Waals surface area contributed by atoms with Crippen LogP contribution < -0.4 is 10.6 Å². The number of carboxylic acids is 1. The van der Waals surface area contributed by atoms with Gasteiger partial charge < -0.3 is 30.5 Å². The van der Waals surface area contributed by atoms with E-state index in [4.69, 9.17) is 0 Å². The molecule has 1 aliphatic rings. The fourth-order valence-electron chi connectivity index (χ4n) is 4.54. The second kappa shape index (κ2) is 11.2. The van der Waals surface area contributed by atoms with Crippen molar-refractivity contribution in [1.29, 1.82) is 0 Å². The van der Waals surface area contributed by atoms with E-state index in [1.54, 1.807) is 60.3 Å². The molecule has 1 saturated heterocycles. The minimum absolute atomic E-state index is 0.0396. The van der Waals surface area contributed by atoms with E-state index in [-0.39, 0.29) is 41.6 Å². The van der Waals surface area contributed by atoms with Gasteiger partial charge in [0.05, 0.1) is 5.69 Å². The largest absolute Gasteiger partial charge is 0.477 e. The topological polar surface area (TPSA) is 135 Å². The summed E-state index contributed by atoms with van der Waals surface area (Å²) in [4.78, 5) is 55.1. The highest BCUT2D eigenvalue weighted by atomic mass is 16.4. The molecule has 4 N–H and O–H groups in total. The van der Waals surface area contributed by atoms with E-state index in [9.17, 15) is 24.3 Å². The van der Waals surface area contributed by atoms with Crippen molar-refractivity contribution >= 4 is 46.1 Å². The quantitative estimate of drug-likeness (QED) is 0.388. The number of anilines is 2. The Balaban J connectivity index is 1.28. The summed E-state index contributed by atoms with van der Waals surface area (Å²) in [5.74, 6) is -1.37. The van der Waals surface area contributed by atoms with E-state index in [0.717, 1.165) is 5.56 Å². The Morgan fingerprint density at radius 2 is 1.68 bits per heavy atom. The Bertz CT molecular complexity index is 1310. The molecule has 0 bridgehead atoms. The number of carboxylic acid groups (broad SMARTS) is 1. The van der Waals surface area contributed by atoms with Gasteiger partial charge in [-0.25, -0.2) is 9.59 Å². The molecule has 1 aliphatic heterocycles. The molecule has 4 rings (SSSR count). The number of benzene rings is 2. The first kappa shape index (κ1) is 25.7. The number of nitrogens with one attached hydrogen (secondary N) is 3. The number of hydrogen-bond acceptors (Lipinski definition) is 4. The Morgan fingerprint density at radius 3 is 2.32 bits per heavy atom. The standard InChI is InChI=1S/C27H31N5O5/c1-31(2)25(34)18-13-15-32(16-14-18)27(37)28-19-10-7-17(8-11-19)9-12-22(33)30-23-20-5-3-4-6-21(20)29-24(23)26(35)36/h3-8,10-11,18,29H,9,12-16H2,1-2H3,(H,28,37)(H,30,33)(H,35,36). The molecular formula is C27H31N5O5. The smallest absolute Gasteiger partial charge is 0.354 e. The molecule has 1 fully saturated rings. The van der Waals surface area contributed by atoms with Gasteiger partial charge in [-0.3, -0.25) is 9.59 Å². The molecule has 194 valence electrons. The number of nitrogens with zero attached hydrogens (tertiary/aromatic N) is 2. The highest BCUT2D eigenvalue weighted by molar-refractivity contribution is 6.10. The van der Waals surface area contributed by atoms with Crippen molar-refractivity contribution < 1.29 is 24.3 Å². The summed E-state index contributed by atoms with van der Waals surface area (Å²) in [6.45, 7) is 1.06. The molecular weight excluding hydrogens is 474 g/mol. The Kier molecular flexibility index (Phi) is 7.76. The van der Waals surface area contributed by atoms with Crippen molar-refractivity contribution in [1.82, 2.24) is 14.8 Å². The first-order valence-electron chi connectivity index (χ1n) is 12.2. The van der Waals surface area contributed by atoms with Gasteiger partial charge in [-0.1, -0.05) is 30.3 Å². The number of hydrogen-bond donors (Lipinski definition) is 4. The molecule has 0 atom stereocenters. The third-order valence-corrected chi connectivity index (χ3v) is 6.60. The number of aromatic amines is 1. The van der Waals surface area contributed by atoms with E-state index in [1.807, 2.05) is 12.1 Å². The molecule has 0 aliphatic carbocycles. The van der Waals surface area contributed by atoms with Gasteiger partial charge in [-0.05, 0) is 43.0 Å². The summed E-state index contributed by atoms with van der Waals surface area (Å²) in [7, 11) is 3.49. The number of aromatic carboxylic acids is 1. The van der Waals surface area contributed by atoms with Crippen molar-refractivity contribution in [2.75, 3.05) is 37.8 Å². The van der Waals surface area contributed by atoms with Crippen molar-refractivity contribution in [3.63, 3.8) is 0 Å². The van der Waals surface area contributed by atoms with Crippen LogP contribution in [0.3, 0.4) is 0 Å². The van der Waals surface area contributed by atoms with Crippen LogP contribution in [0.4, 0.5) is 16.2 Å². The van der Waals surface area contributed by atoms with Crippen molar-refractivity contribution in [2.24, 2.45) is 5.92 Å². The second-order valence-electron chi connectivity index (χ2n) is 9.39. The van der Waals surface area contributed by atoms with Crippen LogP contribution in [0.25, 0.3) is 10.9 Å². The van der Waals surface area contributed by atoms with E-state index < -0.39 is 5.97 Å². The first-order valence-corrected chi connectivity index (χ1v) is 12.2. The zero-order valence-corrected chi connectivity index (χ0v) is 20.9. The van der Waals surface area contributed by atoms with Crippen LogP contribution in [0.15, 0.2) is 48.5 Å². The highest BCUT2D eigenvalue weighted by Crippen LogP contribution is 2.28. The number of aromatic nitrogens is 1.